The fourth-order valence-electron chi connectivity index (χ4n) is 3.63. The van der Waals surface area contributed by atoms with Crippen LogP contribution in [-0.4, -0.2) is 36.1 Å². The second kappa shape index (κ2) is 11.5. The first-order chi connectivity index (χ1) is 17.8. The molecule has 0 saturated carbocycles. The van der Waals surface area contributed by atoms with E-state index in [1.165, 1.54) is 35.0 Å². The van der Waals surface area contributed by atoms with E-state index in [1.54, 1.807) is 41.9 Å². The molecule has 0 unspecified atom stereocenters. The standard InChI is InChI=1S/C26H22F4N2O4S/c1-34-21-6-4-5-18(23(21)35-15-3-2-13-27)9-12-20-22(24(33)32-14-16-37-25(32)31-20)17-7-10-19(11-8-17)36-26(28,29)30/h4-12,14,16H,2-3,13,15H2,1H3. The highest BCUT2D eigenvalue weighted by molar-refractivity contribution is 7.15. The van der Waals surface area contributed by atoms with E-state index < -0.39 is 18.8 Å². The van der Waals surface area contributed by atoms with Gasteiger partial charge in [-0.3, -0.25) is 13.6 Å². The summed E-state index contributed by atoms with van der Waals surface area (Å²) in [6.45, 7) is -0.135. The molecule has 194 valence electrons. The molecule has 4 aromatic rings. The lowest BCUT2D eigenvalue weighted by Gasteiger charge is -2.13. The van der Waals surface area contributed by atoms with Crippen molar-refractivity contribution in [1.29, 1.82) is 0 Å². The predicted molar refractivity (Wildman–Crippen MR) is 134 cm³/mol. The van der Waals surface area contributed by atoms with Crippen LogP contribution in [0.3, 0.4) is 0 Å². The van der Waals surface area contributed by atoms with Gasteiger partial charge in [-0.1, -0.05) is 24.3 Å². The summed E-state index contributed by atoms with van der Waals surface area (Å²) in [5.41, 5.74) is 1.18. The van der Waals surface area contributed by atoms with Gasteiger partial charge in [0.05, 0.1) is 31.6 Å². The van der Waals surface area contributed by atoms with Gasteiger partial charge in [0.15, 0.2) is 16.5 Å². The summed E-state index contributed by atoms with van der Waals surface area (Å²) in [6.07, 6.45) is 1.02. The minimum Gasteiger partial charge on any atom is -0.493 e. The van der Waals surface area contributed by atoms with Crippen LogP contribution in [0.4, 0.5) is 17.6 Å². The number of ether oxygens (including phenoxy) is 3. The van der Waals surface area contributed by atoms with Crippen LogP contribution >= 0.6 is 11.3 Å². The van der Waals surface area contributed by atoms with Crippen molar-refractivity contribution >= 4 is 28.4 Å². The van der Waals surface area contributed by atoms with E-state index in [4.69, 9.17) is 9.47 Å². The first-order valence-corrected chi connectivity index (χ1v) is 12.1. The van der Waals surface area contributed by atoms with Crippen molar-refractivity contribution in [2.75, 3.05) is 20.4 Å². The lowest BCUT2D eigenvalue weighted by Crippen LogP contribution is -2.18. The second-order valence-corrected chi connectivity index (χ2v) is 8.63. The number of methoxy groups -OCH3 is 1. The third kappa shape index (κ3) is 6.29. The van der Waals surface area contributed by atoms with Crippen molar-refractivity contribution < 1.29 is 31.8 Å². The molecule has 0 N–H and O–H groups in total. The quantitative estimate of drug-likeness (QED) is 0.169. The number of unbranched alkanes of at least 4 members (excludes halogenated alkanes) is 1. The van der Waals surface area contributed by atoms with E-state index >= 15 is 0 Å². The maximum Gasteiger partial charge on any atom is 0.573 e. The summed E-state index contributed by atoms with van der Waals surface area (Å²) in [7, 11) is 1.51. The van der Waals surface area contributed by atoms with E-state index in [0.717, 1.165) is 12.1 Å². The first-order valence-electron chi connectivity index (χ1n) is 11.2. The summed E-state index contributed by atoms with van der Waals surface area (Å²) in [4.78, 5) is 18.4. The Bertz CT molecular complexity index is 1450. The summed E-state index contributed by atoms with van der Waals surface area (Å²) in [5.74, 6) is 0.554. The van der Waals surface area contributed by atoms with Crippen molar-refractivity contribution in [3.63, 3.8) is 0 Å². The molecule has 0 saturated heterocycles. The Morgan fingerprint density at radius 3 is 2.57 bits per heavy atom. The molecule has 0 radical (unpaired) electrons. The zero-order valence-corrected chi connectivity index (χ0v) is 20.4. The molecule has 2 aromatic heterocycles. The molecule has 6 nitrogen and oxygen atoms in total. The van der Waals surface area contributed by atoms with Gasteiger partial charge in [-0.2, -0.15) is 0 Å². The fraction of sp³-hybridized carbons (Fsp3) is 0.231. The van der Waals surface area contributed by atoms with Gasteiger partial charge in [0.1, 0.15) is 5.75 Å². The van der Waals surface area contributed by atoms with Gasteiger partial charge in [0.25, 0.3) is 5.56 Å². The molecule has 0 amide bonds. The average Bonchev–Trinajstić information content (AvgIpc) is 3.34. The summed E-state index contributed by atoms with van der Waals surface area (Å²) < 4.78 is 66.8. The van der Waals surface area contributed by atoms with Crippen LogP contribution in [0.25, 0.3) is 28.2 Å². The van der Waals surface area contributed by atoms with Crippen molar-refractivity contribution in [3.05, 3.63) is 75.7 Å². The molecule has 0 bridgehead atoms. The summed E-state index contributed by atoms with van der Waals surface area (Å²) >= 11 is 1.27. The number of halogens is 4. The van der Waals surface area contributed by atoms with E-state index in [0.29, 0.717) is 52.7 Å². The van der Waals surface area contributed by atoms with Crippen LogP contribution < -0.4 is 19.8 Å². The maximum atomic E-state index is 13.3. The Balaban J connectivity index is 1.75. The van der Waals surface area contributed by atoms with E-state index in [2.05, 4.69) is 9.72 Å². The van der Waals surface area contributed by atoms with E-state index in [-0.39, 0.29) is 11.1 Å². The van der Waals surface area contributed by atoms with Crippen molar-refractivity contribution in [3.8, 4) is 28.4 Å². The molecule has 2 aromatic carbocycles. The third-order valence-corrected chi connectivity index (χ3v) is 6.05. The molecular formula is C26H22F4N2O4S. The Hall–Kier alpha value is -3.86. The SMILES string of the molecule is COc1cccc(C=Cc2nc3sccn3c(=O)c2-c2ccc(OC(F)(F)F)cc2)c1OCCCCF. The van der Waals surface area contributed by atoms with Gasteiger partial charge in [0, 0.05) is 17.1 Å². The third-order valence-electron chi connectivity index (χ3n) is 5.30. The Morgan fingerprint density at radius 1 is 1.08 bits per heavy atom. The van der Waals surface area contributed by atoms with Crippen LogP contribution in [0.5, 0.6) is 17.2 Å². The summed E-state index contributed by atoms with van der Waals surface area (Å²) in [5, 5.41) is 1.71. The highest BCUT2D eigenvalue weighted by Gasteiger charge is 2.31. The number of benzene rings is 2. The number of rotatable bonds is 10. The number of fused-ring (bicyclic) bond motifs is 1. The smallest absolute Gasteiger partial charge is 0.493 e. The van der Waals surface area contributed by atoms with Gasteiger partial charge < -0.3 is 14.2 Å². The highest BCUT2D eigenvalue weighted by atomic mass is 32.1. The highest BCUT2D eigenvalue weighted by Crippen LogP contribution is 2.33. The molecule has 0 atom stereocenters. The number of hydrogen-bond acceptors (Lipinski definition) is 6. The number of para-hydroxylation sites is 1. The first kappa shape index (κ1) is 26.2. The lowest BCUT2D eigenvalue weighted by atomic mass is 10.0. The monoisotopic (exact) mass is 534 g/mol. The zero-order valence-electron chi connectivity index (χ0n) is 19.6. The Morgan fingerprint density at radius 2 is 1.86 bits per heavy atom. The second-order valence-electron chi connectivity index (χ2n) is 7.76. The van der Waals surface area contributed by atoms with E-state index in [1.807, 2.05) is 0 Å². The topological polar surface area (TPSA) is 62.1 Å². The molecule has 0 fully saturated rings. The van der Waals surface area contributed by atoms with Crippen LogP contribution in [0.1, 0.15) is 24.1 Å². The molecule has 0 aliphatic carbocycles. The van der Waals surface area contributed by atoms with Crippen LogP contribution in [0.15, 0.2) is 58.8 Å². The number of thiazole rings is 1. The fourth-order valence-corrected chi connectivity index (χ4v) is 4.34. The van der Waals surface area contributed by atoms with Gasteiger partial charge in [-0.25, -0.2) is 4.98 Å². The number of nitrogens with zero attached hydrogens (tertiary/aromatic N) is 2. The Kier molecular flexibility index (Phi) is 8.12. The van der Waals surface area contributed by atoms with Gasteiger partial charge >= 0.3 is 6.36 Å². The normalized spacial score (nSPS) is 11.8. The molecule has 4 rings (SSSR count). The minimum absolute atomic E-state index is 0.207. The van der Waals surface area contributed by atoms with Gasteiger partial charge in [0.2, 0.25) is 0 Å². The largest absolute Gasteiger partial charge is 0.573 e. The number of hydrogen-bond donors (Lipinski definition) is 0. The molecule has 11 heteroatoms. The van der Waals surface area contributed by atoms with Crippen molar-refractivity contribution in [2.24, 2.45) is 0 Å². The lowest BCUT2D eigenvalue weighted by molar-refractivity contribution is -0.274. The number of aromatic nitrogens is 2. The average molecular weight is 535 g/mol. The van der Waals surface area contributed by atoms with Crippen molar-refractivity contribution in [1.82, 2.24) is 9.38 Å². The molecule has 2 heterocycles. The molecule has 0 aliphatic rings. The molecule has 0 aliphatic heterocycles. The molecule has 37 heavy (non-hydrogen) atoms. The van der Waals surface area contributed by atoms with Crippen LogP contribution in [0, 0.1) is 0 Å². The van der Waals surface area contributed by atoms with Crippen LogP contribution in [0.2, 0.25) is 0 Å². The number of alkyl halides is 4. The van der Waals surface area contributed by atoms with Crippen LogP contribution in [-0.2, 0) is 0 Å². The Labute approximate surface area is 213 Å². The predicted octanol–water partition coefficient (Wildman–Crippen LogP) is 6.63. The maximum absolute atomic E-state index is 13.3. The zero-order chi connectivity index (χ0) is 26.4. The summed E-state index contributed by atoms with van der Waals surface area (Å²) in [6, 6.07) is 10.3. The van der Waals surface area contributed by atoms with E-state index in [9.17, 15) is 22.4 Å². The van der Waals surface area contributed by atoms with Gasteiger partial charge in [-0.05, 0) is 48.8 Å². The molecular weight excluding hydrogens is 512 g/mol. The van der Waals surface area contributed by atoms with Crippen molar-refractivity contribution in [2.45, 2.75) is 19.2 Å². The van der Waals surface area contributed by atoms with Gasteiger partial charge in [-0.15, -0.1) is 24.5 Å². The molecule has 0 spiro atoms. The minimum atomic E-state index is -4.82.